The molecule has 33 heavy (non-hydrogen) atoms. The van der Waals surface area contributed by atoms with Crippen molar-refractivity contribution in [1.82, 2.24) is 9.88 Å². The van der Waals surface area contributed by atoms with Crippen LogP contribution in [0.15, 0.2) is 41.5 Å². The number of carbonyl (C=O) groups excluding carboxylic acids is 1. The monoisotopic (exact) mass is 447 g/mol. The lowest BCUT2D eigenvalue weighted by Gasteiger charge is -2.36. The number of amidine groups is 1. The van der Waals surface area contributed by atoms with Crippen LogP contribution in [0.25, 0.3) is 0 Å². The molecule has 1 atom stereocenters. The molecule has 1 aromatic carbocycles. The summed E-state index contributed by atoms with van der Waals surface area (Å²) in [7, 11) is 1.66. The van der Waals surface area contributed by atoms with Crippen molar-refractivity contribution in [3.63, 3.8) is 0 Å². The predicted octanol–water partition coefficient (Wildman–Crippen LogP) is 3.30. The summed E-state index contributed by atoms with van der Waals surface area (Å²) in [6.07, 6.45) is 5.59. The molecule has 6 rings (SSSR count). The van der Waals surface area contributed by atoms with Crippen molar-refractivity contribution in [3.8, 4) is 5.75 Å². The fourth-order valence-electron chi connectivity index (χ4n) is 5.11. The molecule has 1 saturated heterocycles. The van der Waals surface area contributed by atoms with E-state index in [1.54, 1.807) is 7.11 Å². The summed E-state index contributed by atoms with van der Waals surface area (Å²) >= 11 is 0. The van der Waals surface area contributed by atoms with Crippen LogP contribution in [0.4, 0.5) is 16.2 Å². The lowest BCUT2D eigenvalue weighted by Crippen LogP contribution is -2.50. The number of pyridine rings is 1. The van der Waals surface area contributed by atoms with Gasteiger partial charge in [0.15, 0.2) is 5.84 Å². The van der Waals surface area contributed by atoms with Gasteiger partial charge < -0.3 is 14.4 Å². The summed E-state index contributed by atoms with van der Waals surface area (Å²) in [6, 6.07) is 10.2. The van der Waals surface area contributed by atoms with E-state index in [1.807, 2.05) is 40.3 Å². The van der Waals surface area contributed by atoms with Crippen LogP contribution in [-0.2, 0) is 11.3 Å². The van der Waals surface area contributed by atoms with Crippen LogP contribution in [0.3, 0.4) is 0 Å². The van der Waals surface area contributed by atoms with E-state index in [2.05, 4.69) is 11.0 Å². The van der Waals surface area contributed by atoms with E-state index in [0.29, 0.717) is 32.2 Å². The number of morpholine rings is 1. The molecule has 2 aromatic rings. The summed E-state index contributed by atoms with van der Waals surface area (Å²) in [5, 5.41) is 0. The van der Waals surface area contributed by atoms with Crippen LogP contribution in [0.2, 0.25) is 0 Å². The summed E-state index contributed by atoms with van der Waals surface area (Å²) in [4.78, 5) is 29.6. The molecule has 0 spiro atoms. The van der Waals surface area contributed by atoms with Gasteiger partial charge in [-0.2, -0.15) is 0 Å². The van der Waals surface area contributed by atoms with Crippen LogP contribution in [0.5, 0.6) is 5.75 Å². The second-order valence-corrected chi connectivity index (χ2v) is 9.20. The van der Waals surface area contributed by atoms with Crippen molar-refractivity contribution in [2.24, 2.45) is 10.9 Å². The molecule has 2 fully saturated rings. The summed E-state index contributed by atoms with van der Waals surface area (Å²) < 4.78 is 10.8. The first-order chi connectivity index (χ1) is 16.2. The third-order valence-corrected chi connectivity index (χ3v) is 7.30. The molecule has 4 aliphatic rings. The topological polar surface area (TPSA) is 70.5 Å². The van der Waals surface area contributed by atoms with Crippen molar-refractivity contribution in [2.75, 3.05) is 49.8 Å². The first kappa shape index (κ1) is 20.5. The van der Waals surface area contributed by atoms with Crippen molar-refractivity contribution < 1.29 is 14.3 Å². The van der Waals surface area contributed by atoms with Crippen molar-refractivity contribution in [1.29, 1.82) is 0 Å². The smallest absolute Gasteiger partial charge is 0.330 e. The predicted molar refractivity (Wildman–Crippen MR) is 126 cm³/mol. The molecule has 1 aliphatic carbocycles. The molecule has 172 valence electrons. The molecule has 8 nitrogen and oxygen atoms in total. The third kappa shape index (κ3) is 3.62. The molecule has 8 heteroatoms. The van der Waals surface area contributed by atoms with Gasteiger partial charge in [0.25, 0.3) is 0 Å². The SMILES string of the molecule is COc1ccc(CN2C(=O)N3CC(C4CCC4)N=C3c3ncc(N4CCOCC4)cc32)cc1. The van der Waals surface area contributed by atoms with Crippen LogP contribution in [0.1, 0.15) is 30.5 Å². The Hall–Kier alpha value is -3.13. The highest BCUT2D eigenvalue weighted by molar-refractivity contribution is 6.19. The van der Waals surface area contributed by atoms with Crippen molar-refractivity contribution in [3.05, 3.63) is 47.8 Å². The van der Waals surface area contributed by atoms with Gasteiger partial charge in [-0.1, -0.05) is 18.6 Å². The van der Waals surface area contributed by atoms with Crippen LogP contribution >= 0.6 is 0 Å². The number of carbonyl (C=O) groups is 1. The van der Waals surface area contributed by atoms with Gasteiger partial charge >= 0.3 is 6.03 Å². The molecule has 0 radical (unpaired) electrons. The Kier molecular flexibility index (Phi) is 5.17. The molecular weight excluding hydrogens is 418 g/mol. The highest BCUT2D eigenvalue weighted by atomic mass is 16.5. The zero-order chi connectivity index (χ0) is 22.4. The van der Waals surface area contributed by atoms with Crippen molar-refractivity contribution >= 4 is 23.2 Å². The summed E-state index contributed by atoms with van der Waals surface area (Å²) in [5.74, 6) is 2.13. The van der Waals surface area contributed by atoms with Crippen LogP contribution < -0.4 is 14.5 Å². The Labute approximate surface area is 193 Å². The summed E-state index contributed by atoms with van der Waals surface area (Å²) in [6.45, 7) is 4.18. The minimum absolute atomic E-state index is 0.0141. The number of rotatable bonds is 5. The summed E-state index contributed by atoms with van der Waals surface area (Å²) in [5.41, 5.74) is 3.71. The molecule has 2 amide bonds. The van der Waals surface area contributed by atoms with Gasteiger partial charge in [0.05, 0.1) is 57.0 Å². The maximum absolute atomic E-state index is 13.7. The molecular formula is C25H29N5O3. The number of urea groups is 1. The number of aromatic nitrogens is 1. The molecule has 4 heterocycles. The Morgan fingerprint density at radius 2 is 1.94 bits per heavy atom. The molecule has 1 unspecified atom stereocenters. The number of amides is 2. The number of anilines is 2. The van der Waals surface area contributed by atoms with E-state index in [1.165, 1.54) is 19.3 Å². The highest BCUT2D eigenvalue weighted by Crippen LogP contribution is 2.39. The van der Waals surface area contributed by atoms with Crippen molar-refractivity contribution in [2.45, 2.75) is 31.8 Å². The second kappa shape index (κ2) is 8.33. The van der Waals surface area contributed by atoms with E-state index in [9.17, 15) is 4.79 Å². The second-order valence-electron chi connectivity index (χ2n) is 9.20. The molecule has 3 aliphatic heterocycles. The van der Waals surface area contributed by atoms with Gasteiger partial charge in [0.1, 0.15) is 11.4 Å². The van der Waals surface area contributed by atoms with Gasteiger partial charge in [-0.25, -0.2) is 9.78 Å². The largest absolute Gasteiger partial charge is 0.497 e. The Morgan fingerprint density at radius 3 is 2.64 bits per heavy atom. The number of methoxy groups -OCH3 is 1. The average Bonchev–Trinajstić information content (AvgIpc) is 3.26. The van der Waals surface area contributed by atoms with Gasteiger partial charge in [0.2, 0.25) is 0 Å². The van der Waals surface area contributed by atoms with Crippen LogP contribution in [-0.4, -0.2) is 67.8 Å². The van der Waals surface area contributed by atoms with Crippen LogP contribution in [0, 0.1) is 5.92 Å². The highest BCUT2D eigenvalue weighted by Gasteiger charge is 2.44. The van der Waals surface area contributed by atoms with E-state index < -0.39 is 0 Å². The Bertz CT molecular complexity index is 1080. The van der Waals surface area contributed by atoms with Gasteiger partial charge in [-0.3, -0.25) is 14.8 Å². The molecule has 1 aromatic heterocycles. The lowest BCUT2D eigenvalue weighted by atomic mass is 9.80. The van der Waals surface area contributed by atoms with E-state index in [-0.39, 0.29) is 12.1 Å². The minimum atomic E-state index is -0.0141. The van der Waals surface area contributed by atoms with E-state index in [4.69, 9.17) is 19.5 Å². The first-order valence-electron chi connectivity index (χ1n) is 11.8. The Balaban J connectivity index is 1.38. The fourth-order valence-corrected chi connectivity index (χ4v) is 5.11. The molecule has 1 saturated carbocycles. The molecule has 0 bridgehead atoms. The number of benzene rings is 1. The standard InChI is InChI=1S/C25H29N5O3/c1-32-20-7-5-17(6-8-20)15-29-22-13-19(28-9-11-33-12-10-28)14-26-23(22)24-27-21(18-3-2-4-18)16-30(24)25(29)31/h5-8,13-14,18,21H,2-4,9-12,15-16H2,1H3. The van der Waals surface area contributed by atoms with E-state index in [0.717, 1.165) is 47.3 Å². The molecule has 0 N–H and O–H groups in total. The third-order valence-electron chi connectivity index (χ3n) is 7.30. The quantitative estimate of drug-likeness (QED) is 0.704. The van der Waals surface area contributed by atoms with Gasteiger partial charge in [0, 0.05) is 13.1 Å². The Morgan fingerprint density at radius 1 is 1.15 bits per heavy atom. The average molecular weight is 448 g/mol. The van der Waals surface area contributed by atoms with Gasteiger partial charge in [-0.05, 0) is 42.5 Å². The van der Waals surface area contributed by atoms with Gasteiger partial charge in [-0.15, -0.1) is 0 Å². The zero-order valence-corrected chi connectivity index (χ0v) is 18.9. The maximum atomic E-state index is 13.7. The number of aliphatic imine (C=N–C) groups is 1. The van der Waals surface area contributed by atoms with E-state index >= 15 is 0 Å². The number of hydrogen-bond acceptors (Lipinski definition) is 6. The fraction of sp³-hybridized carbons (Fsp3) is 0.480. The normalized spacial score (nSPS) is 22.6. The number of fused-ring (bicyclic) bond motifs is 3. The maximum Gasteiger partial charge on any atom is 0.330 e. The number of ether oxygens (including phenoxy) is 2. The lowest BCUT2D eigenvalue weighted by molar-refractivity contribution is 0.122. The first-order valence-corrected chi connectivity index (χ1v) is 11.8. The minimum Gasteiger partial charge on any atom is -0.497 e. The zero-order valence-electron chi connectivity index (χ0n) is 18.9. The number of hydrogen-bond donors (Lipinski definition) is 0. The number of nitrogens with zero attached hydrogens (tertiary/aromatic N) is 5.